The Labute approximate surface area is 132 Å². The number of likely N-dealkylation sites (N-methyl/N-ethyl adjacent to an activating group) is 1. The number of thiophene rings is 1. The van der Waals surface area contributed by atoms with Crippen molar-refractivity contribution in [1.82, 2.24) is 14.9 Å². The van der Waals surface area contributed by atoms with Gasteiger partial charge in [0.15, 0.2) is 5.16 Å². The minimum atomic E-state index is -0.395. The average molecular weight is 324 g/mol. The molecule has 1 aliphatic heterocycles. The van der Waals surface area contributed by atoms with E-state index in [4.69, 9.17) is 0 Å². The van der Waals surface area contributed by atoms with E-state index in [-0.39, 0.29) is 0 Å². The Morgan fingerprint density at radius 1 is 1.48 bits per heavy atom. The summed E-state index contributed by atoms with van der Waals surface area (Å²) in [5.41, 5.74) is 1.38. The third-order valence-corrected chi connectivity index (χ3v) is 5.28. The molecule has 0 saturated heterocycles. The third-order valence-electron chi connectivity index (χ3n) is 3.62. The maximum Gasteiger partial charge on any atom is 0.190 e. The van der Waals surface area contributed by atoms with E-state index in [1.165, 1.54) is 10.4 Å². The van der Waals surface area contributed by atoms with Gasteiger partial charge in [-0.3, -0.25) is 0 Å². The summed E-state index contributed by atoms with van der Waals surface area (Å²) >= 11 is 3.32. The molecular formula is C14H20N4OS2. The van der Waals surface area contributed by atoms with E-state index in [1.54, 1.807) is 30.0 Å². The Hall–Kier alpha value is -0.890. The Balaban J connectivity index is 2.10. The topological polar surface area (TPSA) is 61.3 Å². The number of aromatic nitrogens is 2. The van der Waals surface area contributed by atoms with Gasteiger partial charge in [-0.1, -0.05) is 11.8 Å². The van der Waals surface area contributed by atoms with Gasteiger partial charge in [0.1, 0.15) is 10.6 Å². The minimum absolute atomic E-state index is 0.395. The van der Waals surface area contributed by atoms with Crippen molar-refractivity contribution in [2.45, 2.75) is 31.1 Å². The summed E-state index contributed by atoms with van der Waals surface area (Å²) in [6.45, 7) is 4.34. The van der Waals surface area contributed by atoms with Crippen LogP contribution in [0.1, 0.15) is 17.4 Å². The molecule has 114 valence electrons. The molecule has 0 radical (unpaired) electrons. The standard InChI is InChI=1S/C14H20N4OS2/c1-8(19)6-15-12-11-9-4-5-18(2)7-10(9)21-13(11)17-14(16-12)20-3/h8,19H,4-7H2,1-3H3,(H,15,16,17)/t8-/m0/s1. The SMILES string of the molecule is CSc1nc(NC[C@H](C)O)c2c3c(sc2n1)CN(C)CC3. The second kappa shape index (κ2) is 6.08. The van der Waals surface area contributed by atoms with Crippen LogP contribution in [-0.2, 0) is 13.0 Å². The smallest absolute Gasteiger partial charge is 0.190 e. The molecule has 0 amide bonds. The van der Waals surface area contributed by atoms with Gasteiger partial charge >= 0.3 is 0 Å². The molecule has 0 aromatic carbocycles. The molecule has 0 aliphatic carbocycles. The zero-order valence-electron chi connectivity index (χ0n) is 12.5. The molecule has 3 rings (SSSR count). The number of anilines is 1. The van der Waals surface area contributed by atoms with E-state index in [2.05, 4.69) is 27.2 Å². The number of nitrogens with one attached hydrogen (secondary N) is 1. The van der Waals surface area contributed by atoms with Crippen molar-refractivity contribution in [3.8, 4) is 0 Å². The zero-order chi connectivity index (χ0) is 15.0. The minimum Gasteiger partial charge on any atom is -0.392 e. The van der Waals surface area contributed by atoms with E-state index in [1.807, 2.05) is 6.26 Å². The third kappa shape index (κ3) is 3.01. The lowest BCUT2D eigenvalue weighted by Gasteiger charge is -2.22. The average Bonchev–Trinajstić information content (AvgIpc) is 2.81. The summed E-state index contributed by atoms with van der Waals surface area (Å²) in [5, 5.41) is 14.7. The van der Waals surface area contributed by atoms with E-state index in [0.29, 0.717) is 6.54 Å². The Morgan fingerprint density at radius 3 is 3.00 bits per heavy atom. The lowest BCUT2D eigenvalue weighted by molar-refractivity contribution is 0.208. The number of nitrogens with zero attached hydrogens (tertiary/aromatic N) is 3. The van der Waals surface area contributed by atoms with Crippen LogP contribution in [0.3, 0.4) is 0 Å². The Bertz CT molecular complexity index is 656. The maximum atomic E-state index is 9.52. The van der Waals surface area contributed by atoms with Gasteiger partial charge in [0.05, 0.1) is 11.5 Å². The highest BCUT2D eigenvalue weighted by atomic mass is 32.2. The highest BCUT2D eigenvalue weighted by Gasteiger charge is 2.23. The molecule has 0 saturated carbocycles. The molecule has 0 fully saturated rings. The number of hydrogen-bond donors (Lipinski definition) is 2. The second-order valence-electron chi connectivity index (χ2n) is 5.46. The highest BCUT2D eigenvalue weighted by Crippen LogP contribution is 2.38. The Morgan fingerprint density at radius 2 is 2.29 bits per heavy atom. The van der Waals surface area contributed by atoms with Gasteiger partial charge in [0.25, 0.3) is 0 Å². The molecule has 21 heavy (non-hydrogen) atoms. The lowest BCUT2D eigenvalue weighted by Crippen LogP contribution is -2.25. The quantitative estimate of drug-likeness (QED) is 0.664. The second-order valence-corrected chi connectivity index (χ2v) is 7.32. The van der Waals surface area contributed by atoms with E-state index in [0.717, 1.165) is 40.7 Å². The van der Waals surface area contributed by atoms with E-state index >= 15 is 0 Å². The highest BCUT2D eigenvalue weighted by molar-refractivity contribution is 7.98. The lowest BCUT2D eigenvalue weighted by atomic mass is 10.1. The van der Waals surface area contributed by atoms with E-state index < -0.39 is 6.10 Å². The molecule has 5 nitrogen and oxygen atoms in total. The molecule has 2 aromatic rings. The molecule has 7 heteroatoms. The van der Waals surface area contributed by atoms with Crippen molar-refractivity contribution < 1.29 is 5.11 Å². The molecule has 2 N–H and O–H groups in total. The monoisotopic (exact) mass is 324 g/mol. The van der Waals surface area contributed by atoms with Crippen LogP contribution in [0.4, 0.5) is 5.82 Å². The summed E-state index contributed by atoms with van der Waals surface area (Å²) in [4.78, 5) is 14.1. The number of rotatable bonds is 4. The molecule has 0 unspecified atom stereocenters. The van der Waals surface area contributed by atoms with Crippen molar-refractivity contribution in [3.63, 3.8) is 0 Å². The molecule has 1 aliphatic rings. The van der Waals surface area contributed by atoms with Crippen LogP contribution in [0.25, 0.3) is 10.2 Å². The number of fused-ring (bicyclic) bond motifs is 3. The van der Waals surface area contributed by atoms with Gasteiger partial charge in [-0.15, -0.1) is 11.3 Å². The van der Waals surface area contributed by atoms with E-state index in [9.17, 15) is 5.11 Å². The number of thioether (sulfide) groups is 1. The van der Waals surface area contributed by atoms with Crippen LogP contribution in [0.15, 0.2) is 5.16 Å². The van der Waals surface area contributed by atoms with Crippen molar-refractivity contribution in [2.75, 3.05) is 31.7 Å². The van der Waals surface area contributed by atoms with Crippen LogP contribution < -0.4 is 5.32 Å². The molecule has 0 bridgehead atoms. The van der Waals surface area contributed by atoms with Crippen LogP contribution in [0.2, 0.25) is 0 Å². The largest absolute Gasteiger partial charge is 0.392 e. The van der Waals surface area contributed by atoms with Crippen molar-refractivity contribution in [3.05, 3.63) is 10.4 Å². The number of hydrogen-bond acceptors (Lipinski definition) is 7. The fraction of sp³-hybridized carbons (Fsp3) is 0.571. The number of aliphatic hydroxyl groups is 1. The van der Waals surface area contributed by atoms with Gasteiger partial charge in [-0.05, 0) is 32.2 Å². The Kier molecular flexibility index (Phi) is 4.35. The van der Waals surface area contributed by atoms with Crippen LogP contribution >= 0.6 is 23.1 Å². The zero-order valence-corrected chi connectivity index (χ0v) is 14.1. The van der Waals surface area contributed by atoms with Gasteiger partial charge in [0, 0.05) is 24.5 Å². The van der Waals surface area contributed by atoms with Crippen LogP contribution in [0, 0.1) is 0 Å². The molecule has 2 aromatic heterocycles. The van der Waals surface area contributed by atoms with Gasteiger partial charge in [-0.25, -0.2) is 9.97 Å². The van der Waals surface area contributed by atoms with Gasteiger partial charge in [-0.2, -0.15) is 0 Å². The van der Waals surface area contributed by atoms with Gasteiger partial charge < -0.3 is 15.3 Å². The number of aliphatic hydroxyl groups excluding tert-OH is 1. The predicted octanol–water partition coefficient (Wildman–Crippen LogP) is 2.19. The predicted molar refractivity (Wildman–Crippen MR) is 89.4 cm³/mol. The normalized spacial score (nSPS) is 17.0. The summed E-state index contributed by atoms with van der Waals surface area (Å²) in [7, 11) is 2.15. The summed E-state index contributed by atoms with van der Waals surface area (Å²) in [6, 6.07) is 0. The summed E-state index contributed by atoms with van der Waals surface area (Å²) < 4.78 is 0. The van der Waals surface area contributed by atoms with Crippen LogP contribution in [-0.4, -0.2) is 52.5 Å². The van der Waals surface area contributed by atoms with Gasteiger partial charge in [0.2, 0.25) is 0 Å². The molecule has 1 atom stereocenters. The first-order chi connectivity index (χ1) is 10.1. The van der Waals surface area contributed by atoms with Crippen molar-refractivity contribution in [2.24, 2.45) is 0 Å². The van der Waals surface area contributed by atoms with Crippen molar-refractivity contribution in [1.29, 1.82) is 0 Å². The van der Waals surface area contributed by atoms with Crippen molar-refractivity contribution >= 4 is 39.1 Å². The molecular weight excluding hydrogens is 304 g/mol. The first-order valence-corrected chi connectivity index (χ1v) is 9.09. The first kappa shape index (κ1) is 15.0. The summed E-state index contributed by atoms with van der Waals surface area (Å²) in [5.74, 6) is 0.868. The molecule has 0 spiro atoms. The maximum absolute atomic E-state index is 9.52. The fourth-order valence-corrected chi connectivity index (χ4v) is 4.29. The first-order valence-electron chi connectivity index (χ1n) is 7.05. The molecule has 3 heterocycles. The fourth-order valence-electron chi connectivity index (χ4n) is 2.57. The van der Waals surface area contributed by atoms with Crippen LogP contribution in [0.5, 0.6) is 0 Å². The summed E-state index contributed by atoms with van der Waals surface area (Å²) in [6.07, 6.45) is 2.63.